The molecule has 3 rings (SSSR count). The summed E-state index contributed by atoms with van der Waals surface area (Å²) in [5, 5.41) is 3.03. The molecule has 1 aromatic rings. The Balaban J connectivity index is 1.73. The van der Waals surface area contributed by atoms with E-state index in [1.54, 1.807) is 11.0 Å². The van der Waals surface area contributed by atoms with Gasteiger partial charge in [0.2, 0.25) is 11.1 Å². The monoisotopic (exact) mass is 282 g/mol. The van der Waals surface area contributed by atoms with Crippen molar-refractivity contribution in [3.05, 3.63) is 23.1 Å². The number of halogens is 1. The fraction of sp³-hybridized carbons (Fsp3) is 0.538. The van der Waals surface area contributed by atoms with Crippen LogP contribution in [0.1, 0.15) is 36.0 Å². The van der Waals surface area contributed by atoms with Crippen molar-refractivity contribution in [3.63, 3.8) is 0 Å². The molecule has 2 aliphatic rings. The number of furan rings is 1. The Hall–Kier alpha value is -1.49. The normalized spacial score (nSPS) is 22.6. The maximum absolute atomic E-state index is 12.3. The third kappa shape index (κ3) is 2.47. The van der Waals surface area contributed by atoms with E-state index in [0.717, 1.165) is 19.3 Å². The number of nitrogens with zero attached hydrogens (tertiary/aromatic N) is 1. The van der Waals surface area contributed by atoms with Gasteiger partial charge in [-0.05, 0) is 43.4 Å². The smallest absolute Gasteiger partial charge is 0.259 e. The number of rotatable bonds is 3. The van der Waals surface area contributed by atoms with E-state index in [0.29, 0.717) is 24.6 Å². The highest BCUT2D eigenvalue weighted by molar-refractivity contribution is 6.32. The minimum absolute atomic E-state index is 0.0482. The number of carbonyl (C=O) groups excluding carboxylic acids is 2. The van der Waals surface area contributed by atoms with Crippen molar-refractivity contribution in [2.45, 2.75) is 37.8 Å². The number of nitrogens with one attached hydrogen (secondary N) is 1. The summed E-state index contributed by atoms with van der Waals surface area (Å²) in [5.41, 5.74) is 0.327. The van der Waals surface area contributed by atoms with Crippen LogP contribution in [0.4, 0.5) is 0 Å². The second kappa shape index (κ2) is 4.89. The Kier molecular flexibility index (Phi) is 3.22. The van der Waals surface area contributed by atoms with Crippen molar-refractivity contribution >= 4 is 23.4 Å². The number of likely N-dealkylation sites (tertiary alicyclic amines) is 1. The van der Waals surface area contributed by atoms with Crippen LogP contribution in [0.3, 0.4) is 0 Å². The minimum atomic E-state index is -0.376. The van der Waals surface area contributed by atoms with E-state index in [-0.39, 0.29) is 23.1 Å². The second-order valence-corrected chi connectivity index (χ2v) is 5.39. The highest BCUT2D eigenvalue weighted by Gasteiger charge is 2.37. The summed E-state index contributed by atoms with van der Waals surface area (Å²) < 4.78 is 4.93. The summed E-state index contributed by atoms with van der Waals surface area (Å²) in [4.78, 5) is 26.0. The van der Waals surface area contributed by atoms with Crippen LogP contribution in [0.25, 0.3) is 0 Å². The van der Waals surface area contributed by atoms with E-state index in [2.05, 4.69) is 5.32 Å². The molecule has 1 N–H and O–H groups in total. The van der Waals surface area contributed by atoms with Crippen LogP contribution in [-0.4, -0.2) is 35.3 Å². The maximum atomic E-state index is 12.3. The highest BCUT2D eigenvalue weighted by Crippen LogP contribution is 2.26. The van der Waals surface area contributed by atoms with E-state index in [1.807, 2.05) is 0 Å². The van der Waals surface area contributed by atoms with Gasteiger partial charge in [0.15, 0.2) is 0 Å². The zero-order chi connectivity index (χ0) is 13.4. The lowest BCUT2D eigenvalue weighted by atomic mass is 10.2. The highest BCUT2D eigenvalue weighted by atomic mass is 35.5. The Morgan fingerprint density at radius 3 is 2.79 bits per heavy atom. The third-order valence-corrected chi connectivity index (χ3v) is 3.88. The van der Waals surface area contributed by atoms with Gasteiger partial charge in [-0.3, -0.25) is 9.59 Å². The molecule has 5 nitrogen and oxygen atoms in total. The first kappa shape index (κ1) is 12.5. The molecule has 1 unspecified atom stereocenters. The van der Waals surface area contributed by atoms with E-state index < -0.39 is 0 Å². The Labute approximate surface area is 115 Å². The van der Waals surface area contributed by atoms with E-state index in [1.165, 1.54) is 6.26 Å². The first-order valence-electron chi connectivity index (χ1n) is 6.51. The second-order valence-electron chi connectivity index (χ2n) is 5.05. The van der Waals surface area contributed by atoms with Crippen LogP contribution < -0.4 is 5.32 Å². The summed E-state index contributed by atoms with van der Waals surface area (Å²) in [6.45, 7) is 0.586. The van der Waals surface area contributed by atoms with Gasteiger partial charge in [-0.1, -0.05) is 0 Å². The lowest BCUT2D eigenvalue weighted by Crippen LogP contribution is -2.46. The van der Waals surface area contributed by atoms with Crippen molar-refractivity contribution in [1.29, 1.82) is 0 Å². The van der Waals surface area contributed by atoms with Crippen LogP contribution in [0.5, 0.6) is 0 Å². The van der Waals surface area contributed by atoms with E-state index in [9.17, 15) is 9.59 Å². The average molecular weight is 283 g/mol. The van der Waals surface area contributed by atoms with Gasteiger partial charge in [0, 0.05) is 12.6 Å². The molecule has 2 fully saturated rings. The Morgan fingerprint density at radius 1 is 1.37 bits per heavy atom. The standard InChI is InChI=1S/C13H15ClN2O3/c14-11-9(5-7-19-11)13(18)16-6-1-2-10(16)12(17)15-8-3-4-8/h5,7-8,10H,1-4,6H2,(H,15,17). The number of carbonyl (C=O) groups is 2. The van der Waals surface area contributed by atoms with Gasteiger partial charge < -0.3 is 14.6 Å². The fourth-order valence-electron chi connectivity index (χ4n) is 2.41. The molecule has 102 valence electrons. The average Bonchev–Trinajstić information content (AvgIpc) is 2.92. The zero-order valence-electron chi connectivity index (χ0n) is 10.4. The molecule has 2 amide bonds. The summed E-state index contributed by atoms with van der Waals surface area (Å²) >= 11 is 5.82. The van der Waals surface area contributed by atoms with Gasteiger partial charge in [-0.2, -0.15) is 0 Å². The summed E-state index contributed by atoms with van der Waals surface area (Å²) in [6.07, 6.45) is 5.01. The first-order chi connectivity index (χ1) is 9.16. The van der Waals surface area contributed by atoms with Crippen LogP contribution in [-0.2, 0) is 4.79 Å². The van der Waals surface area contributed by atoms with Crippen molar-refractivity contribution in [1.82, 2.24) is 10.2 Å². The van der Waals surface area contributed by atoms with Gasteiger partial charge in [-0.15, -0.1) is 0 Å². The summed E-state index contributed by atoms with van der Waals surface area (Å²) in [6, 6.07) is 1.47. The first-order valence-corrected chi connectivity index (χ1v) is 6.89. The van der Waals surface area contributed by atoms with Gasteiger partial charge >= 0.3 is 0 Å². The Bertz CT molecular complexity index is 510. The van der Waals surface area contributed by atoms with Gasteiger partial charge in [0.05, 0.1) is 11.8 Å². The van der Waals surface area contributed by atoms with Crippen LogP contribution in [0.15, 0.2) is 16.7 Å². The fourth-order valence-corrected chi connectivity index (χ4v) is 2.60. The molecule has 1 aliphatic heterocycles. The van der Waals surface area contributed by atoms with Gasteiger partial charge in [0.1, 0.15) is 6.04 Å². The molecule has 19 heavy (non-hydrogen) atoms. The Morgan fingerprint density at radius 2 is 2.16 bits per heavy atom. The lowest BCUT2D eigenvalue weighted by Gasteiger charge is -2.23. The van der Waals surface area contributed by atoms with Crippen LogP contribution in [0.2, 0.25) is 5.22 Å². The van der Waals surface area contributed by atoms with Crippen LogP contribution in [0, 0.1) is 0 Å². The maximum Gasteiger partial charge on any atom is 0.259 e. The molecule has 0 radical (unpaired) electrons. The molecular formula is C13H15ClN2O3. The van der Waals surface area contributed by atoms with Gasteiger partial charge in [0.25, 0.3) is 5.91 Å². The summed E-state index contributed by atoms with van der Waals surface area (Å²) in [5.74, 6) is -0.278. The molecule has 1 atom stereocenters. The lowest BCUT2D eigenvalue weighted by molar-refractivity contribution is -0.125. The van der Waals surface area contributed by atoms with Crippen molar-refractivity contribution in [3.8, 4) is 0 Å². The number of amides is 2. The predicted molar refractivity (Wildman–Crippen MR) is 68.9 cm³/mol. The third-order valence-electron chi connectivity index (χ3n) is 3.59. The molecule has 2 heterocycles. The van der Waals surface area contributed by atoms with Crippen molar-refractivity contribution in [2.75, 3.05) is 6.54 Å². The quantitative estimate of drug-likeness (QED) is 0.920. The van der Waals surface area contributed by atoms with Crippen molar-refractivity contribution in [2.24, 2.45) is 0 Å². The molecule has 1 saturated carbocycles. The van der Waals surface area contributed by atoms with E-state index in [4.69, 9.17) is 16.0 Å². The van der Waals surface area contributed by atoms with E-state index >= 15 is 0 Å². The topological polar surface area (TPSA) is 62.6 Å². The molecule has 1 saturated heterocycles. The molecule has 0 aromatic carbocycles. The number of hydrogen-bond donors (Lipinski definition) is 1. The predicted octanol–water partition coefficient (Wildman–Crippen LogP) is 1.82. The zero-order valence-corrected chi connectivity index (χ0v) is 11.2. The van der Waals surface area contributed by atoms with Gasteiger partial charge in [-0.25, -0.2) is 0 Å². The largest absolute Gasteiger partial charge is 0.452 e. The molecule has 0 bridgehead atoms. The van der Waals surface area contributed by atoms with Crippen LogP contribution >= 0.6 is 11.6 Å². The molecule has 0 spiro atoms. The molecule has 6 heteroatoms. The SMILES string of the molecule is O=C(NC1CC1)C1CCCN1C(=O)c1ccoc1Cl. The molecule has 1 aliphatic carbocycles. The molecule has 1 aromatic heterocycles. The number of hydrogen-bond acceptors (Lipinski definition) is 3. The summed E-state index contributed by atoms with van der Waals surface area (Å²) in [7, 11) is 0. The minimum Gasteiger partial charge on any atom is -0.452 e. The molecular weight excluding hydrogens is 268 g/mol. The van der Waals surface area contributed by atoms with Crippen molar-refractivity contribution < 1.29 is 14.0 Å².